The van der Waals surface area contributed by atoms with Gasteiger partial charge >= 0.3 is 0 Å². The van der Waals surface area contributed by atoms with Crippen LogP contribution in [-0.4, -0.2) is 24.4 Å². The molecule has 1 atom stereocenters. The van der Waals surface area contributed by atoms with E-state index in [1.54, 1.807) is 24.3 Å². The van der Waals surface area contributed by atoms with Gasteiger partial charge in [-0.15, -0.1) is 0 Å². The van der Waals surface area contributed by atoms with Gasteiger partial charge in [0.1, 0.15) is 0 Å². The van der Waals surface area contributed by atoms with Gasteiger partial charge in [0.15, 0.2) is 0 Å². The molecule has 0 aromatic heterocycles. The van der Waals surface area contributed by atoms with E-state index in [9.17, 15) is 9.59 Å². The average molecular weight is 451 g/mol. The van der Waals surface area contributed by atoms with Gasteiger partial charge in [-0.1, -0.05) is 6.92 Å². The van der Waals surface area contributed by atoms with E-state index in [0.29, 0.717) is 5.56 Å². The molecule has 0 aliphatic heterocycles. The topological polar surface area (TPSA) is 70.2 Å². The van der Waals surface area contributed by atoms with E-state index in [1.165, 1.54) is 0 Å². The Bertz CT molecular complexity index is 714. The van der Waals surface area contributed by atoms with Crippen molar-refractivity contribution in [2.24, 2.45) is 0 Å². The quantitative estimate of drug-likeness (QED) is 0.560. The normalized spacial score (nSPS) is 11.5. The SMILES string of the molecule is CCC(C)NC(=O)c1ccc(NCC(=O)Nc2ccc(I)cc2)cc1. The van der Waals surface area contributed by atoms with E-state index < -0.39 is 0 Å². The molecule has 3 N–H and O–H groups in total. The highest BCUT2D eigenvalue weighted by atomic mass is 127. The fourth-order valence-electron chi connectivity index (χ4n) is 2.07. The van der Waals surface area contributed by atoms with Crippen LogP contribution in [0.4, 0.5) is 11.4 Å². The lowest BCUT2D eigenvalue weighted by Crippen LogP contribution is -2.31. The maximum Gasteiger partial charge on any atom is 0.251 e. The molecule has 0 aliphatic rings. The molecule has 0 bridgehead atoms. The first-order valence-corrected chi connectivity index (χ1v) is 9.26. The second-order valence-electron chi connectivity index (χ2n) is 5.77. The summed E-state index contributed by atoms with van der Waals surface area (Å²) in [6, 6.07) is 14.8. The molecule has 2 aromatic rings. The van der Waals surface area contributed by atoms with E-state index in [2.05, 4.69) is 38.5 Å². The number of anilines is 2. The number of carbonyl (C=O) groups excluding carboxylic acids is 2. The third kappa shape index (κ3) is 6.38. The van der Waals surface area contributed by atoms with E-state index in [-0.39, 0.29) is 24.4 Å². The first-order chi connectivity index (χ1) is 12.0. The number of hydrogen-bond acceptors (Lipinski definition) is 3. The van der Waals surface area contributed by atoms with Gasteiger partial charge in [0.05, 0.1) is 6.54 Å². The third-order valence-corrected chi connectivity index (χ3v) is 4.44. The van der Waals surface area contributed by atoms with Gasteiger partial charge in [-0.3, -0.25) is 9.59 Å². The highest BCUT2D eigenvalue weighted by Crippen LogP contribution is 2.12. The molecule has 0 fully saturated rings. The summed E-state index contributed by atoms with van der Waals surface area (Å²) in [7, 11) is 0. The Labute approximate surface area is 161 Å². The van der Waals surface area contributed by atoms with E-state index in [0.717, 1.165) is 21.4 Å². The Morgan fingerprint density at radius 3 is 2.20 bits per heavy atom. The van der Waals surface area contributed by atoms with Gasteiger partial charge in [-0.05, 0) is 84.5 Å². The lowest BCUT2D eigenvalue weighted by Gasteiger charge is -2.12. The average Bonchev–Trinajstić information content (AvgIpc) is 2.62. The van der Waals surface area contributed by atoms with Gasteiger partial charge < -0.3 is 16.0 Å². The Morgan fingerprint density at radius 1 is 1.00 bits per heavy atom. The summed E-state index contributed by atoms with van der Waals surface area (Å²) in [5.41, 5.74) is 2.16. The van der Waals surface area contributed by atoms with Crippen molar-refractivity contribution < 1.29 is 9.59 Å². The Hall–Kier alpha value is -2.09. The lowest BCUT2D eigenvalue weighted by atomic mass is 10.1. The molecule has 0 aliphatic carbocycles. The van der Waals surface area contributed by atoms with Gasteiger partial charge in [0.2, 0.25) is 5.91 Å². The van der Waals surface area contributed by atoms with Crippen LogP contribution in [0.25, 0.3) is 0 Å². The molecular weight excluding hydrogens is 429 g/mol. The van der Waals surface area contributed by atoms with Crippen LogP contribution in [0.3, 0.4) is 0 Å². The number of benzene rings is 2. The number of carbonyl (C=O) groups is 2. The van der Waals surface area contributed by atoms with E-state index in [1.807, 2.05) is 38.1 Å². The molecule has 6 heteroatoms. The fraction of sp³-hybridized carbons (Fsp3) is 0.263. The molecule has 0 saturated heterocycles. The zero-order valence-corrected chi connectivity index (χ0v) is 16.5. The van der Waals surface area contributed by atoms with Crippen LogP contribution in [0.1, 0.15) is 30.6 Å². The van der Waals surface area contributed by atoms with E-state index in [4.69, 9.17) is 0 Å². The minimum atomic E-state index is -0.125. The standard InChI is InChI=1S/C19H22IN3O2/c1-3-13(2)22-19(25)14-4-8-16(9-5-14)21-12-18(24)23-17-10-6-15(20)7-11-17/h4-11,13,21H,3,12H2,1-2H3,(H,22,25)(H,23,24). The van der Waals surface area contributed by atoms with Crippen molar-refractivity contribution in [2.45, 2.75) is 26.3 Å². The Kier molecular flexibility index (Phi) is 7.24. The number of halogens is 1. The summed E-state index contributed by atoms with van der Waals surface area (Å²) in [6.45, 7) is 4.16. The number of hydrogen-bond donors (Lipinski definition) is 3. The van der Waals surface area contributed by atoms with Crippen LogP contribution in [0, 0.1) is 3.57 Å². The van der Waals surface area contributed by atoms with Crippen molar-refractivity contribution >= 4 is 45.8 Å². The van der Waals surface area contributed by atoms with Crippen molar-refractivity contribution in [1.29, 1.82) is 0 Å². The summed E-state index contributed by atoms with van der Waals surface area (Å²) in [4.78, 5) is 24.0. The first kappa shape index (κ1) is 19.2. The van der Waals surface area contributed by atoms with Crippen molar-refractivity contribution in [3.05, 3.63) is 57.7 Å². The number of nitrogens with one attached hydrogen (secondary N) is 3. The van der Waals surface area contributed by atoms with Crippen LogP contribution in [0.2, 0.25) is 0 Å². The van der Waals surface area contributed by atoms with Crippen molar-refractivity contribution in [1.82, 2.24) is 5.32 Å². The summed E-state index contributed by atoms with van der Waals surface area (Å²) in [5, 5.41) is 8.80. The fourth-order valence-corrected chi connectivity index (χ4v) is 2.43. The zero-order valence-electron chi connectivity index (χ0n) is 14.3. The predicted octanol–water partition coefficient (Wildman–Crippen LogP) is 3.87. The highest BCUT2D eigenvalue weighted by Gasteiger charge is 2.08. The van der Waals surface area contributed by atoms with Crippen LogP contribution in [0.5, 0.6) is 0 Å². The summed E-state index contributed by atoms with van der Waals surface area (Å²) in [6.07, 6.45) is 0.890. The molecule has 0 spiro atoms. The van der Waals surface area contributed by atoms with Crippen molar-refractivity contribution in [3.8, 4) is 0 Å². The molecule has 2 amide bonds. The maximum absolute atomic E-state index is 12.0. The predicted molar refractivity (Wildman–Crippen MR) is 110 cm³/mol. The minimum absolute atomic E-state index is 0.0858. The van der Waals surface area contributed by atoms with Crippen molar-refractivity contribution in [2.75, 3.05) is 17.2 Å². The van der Waals surface area contributed by atoms with Gasteiger partial charge in [0.25, 0.3) is 5.91 Å². The summed E-state index contributed by atoms with van der Waals surface area (Å²) in [5.74, 6) is -0.211. The molecular formula is C19H22IN3O2. The smallest absolute Gasteiger partial charge is 0.251 e. The summed E-state index contributed by atoms with van der Waals surface area (Å²) >= 11 is 2.22. The van der Waals surface area contributed by atoms with Crippen LogP contribution in [-0.2, 0) is 4.79 Å². The molecule has 2 rings (SSSR count). The monoisotopic (exact) mass is 451 g/mol. The Morgan fingerprint density at radius 2 is 1.60 bits per heavy atom. The van der Waals surface area contributed by atoms with Crippen LogP contribution in [0.15, 0.2) is 48.5 Å². The Balaban J connectivity index is 1.83. The van der Waals surface area contributed by atoms with E-state index >= 15 is 0 Å². The second-order valence-corrected chi connectivity index (χ2v) is 7.01. The largest absolute Gasteiger partial charge is 0.376 e. The van der Waals surface area contributed by atoms with Crippen LogP contribution < -0.4 is 16.0 Å². The molecule has 2 aromatic carbocycles. The zero-order chi connectivity index (χ0) is 18.2. The molecule has 132 valence electrons. The minimum Gasteiger partial charge on any atom is -0.376 e. The molecule has 0 radical (unpaired) electrons. The van der Waals surface area contributed by atoms with Crippen LogP contribution >= 0.6 is 22.6 Å². The van der Waals surface area contributed by atoms with Gasteiger partial charge in [-0.2, -0.15) is 0 Å². The molecule has 5 nitrogen and oxygen atoms in total. The first-order valence-electron chi connectivity index (χ1n) is 8.18. The van der Waals surface area contributed by atoms with Crippen molar-refractivity contribution in [3.63, 3.8) is 0 Å². The molecule has 1 unspecified atom stereocenters. The summed E-state index contributed by atoms with van der Waals surface area (Å²) < 4.78 is 1.12. The lowest BCUT2D eigenvalue weighted by molar-refractivity contribution is -0.114. The second kappa shape index (κ2) is 9.41. The third-order valence-electron chi connectivity index (χ3n) is 3.72. The number of amides is 2. The highest BCUT2D eigenvalue weighted by molar-refractivity contribution is 14.1. The molecule has 0 heterocycles. The van der Waals surface area contributed by atoms with Gasteiger partial charge in [-0.25, -0.2) is 0 Å². The molecule has 0 saturated carbocycles. The maximum atomic E-state index is 12.0. The number of rotatable bonds is 7. The van der Waals surface area contributed by atoms with Gasteiger partial charge in [0, 0.05) is 26.6 Å². The molecule has 25 heavy (non-hydrogen) atoms.